The molecule has 0 atom stereocenters. The summed E-state index contributed by atoms with van der Waals surface area (Å²) in [5, 5.41) is 46.9. The second-order valence-electron chi connectivity index (χ2n) is 16.5. The van der Waals surface area contributed by atoms with Crippen LogP contribution < -0.4 is 0 Å². The van der Waals surface area contributed by atoms with Gasteiger partial charge in [-0.2, -0.15) is 0 Å². The third kappa shape index (κ3) is 9.55. The van der Waals surface area contributed by atoms with E-state index in [-0.39, 0.29) is 21.7 Å². The fourth-order valence-electron chi connectivity index (χ4n) is 5.93. The molecule has 2 rings (SSSR count). The van der Waals surface area contributed by atoms with Crippen LogP contribution in [0.3, 0.4) is 0 Å². The molecule has 0 fully saturated rings. The third-order valence-electron chi connectivity index (χ3n) is 8.34. The predicted octanol–water partition coefficient (Wildman–Crippen LogP) is 6.12. The molecule has 0 bridgehead atoms. The first-order valence-electron chi connectivity index (χ1n) is 15.5. The highest BCUT2D eigenvalue weighted by Gasteiger charge is 2.57. The van der Waals surface area contributed by atoms with Crippen LogP contribution in [0.15, 0.2) is 24.3 Å². The zero-order valence-electron chi connectivity index (χ0n) is 30.3. The summed E-state index contributed by atoms with van der Waals surface area (Å²) >= 11 is 0. The SMILES string of the molecule is Cc1cc(C(C)(C)C)c(C(O)(c2c(C(C)(C)C)cc(C)cc2C(C)(C)C)C(CO)(CO)CO)c(C(C)(C)C)c1.OP(O)OP(O)O. The van der Waals surface area contributed by atoms with Crippen LogP contribution in [-0.2, 0) is 31.6 Å². The summed E-state index contributed by atoms with van der Waals surface area (Å²) in [6, 6.07) is 8.48. The van der Waals surface area contributed by atoms with Crippen LogP contribution in [0.4, 0.5) is 0 Å². The van der Waals surface area contributed by atoms with Gasteiger partial charge in [-0.05, 0) is 68.9 Å². The van der Waals surface area contributed by atoms with Crippen LogP contribution in [-0.4, -0.2) is 59.8 Å². The Morgan fingerprint density at radius 3 is 0.848 bits per heavy atom. The van der Waals surface area contributed by atoms with E-state index in [1.807, 2.05) is 0 Å². The molecule has 0 aliphatic carbocycles. The maximum absolute atomic E-state index is 13.7. The summed E-state index contributed by atoms with van der Waals surface area (Å²) in [4.78, 5) is 31.3. The Labute approximate surface area is 279 Å². The molecule has 46 heavy (non-hydrogen) atoms. The number of hydrogen-bond acceptors (Lipinski definition) is 9. The van der Waals surface area contributed by atoms with Crippen molar-refractivity contribution in [3.8, 4) is 0 Å². The highest BCUT2D eigenvalue weighted by atomic mass is 31.2. The fourth-order valence-corrected chi connectivity index (χ4v) is 6.45. The van der Waals surface area contributed by atoms with Crippen molar-refractivity contribution in [2.45, 2.75) is 124 Å². The van der Waals surface area contributed by atoms with Crippen molar-refractivity contribution in [2.24, 2.45) is 5.41 Å². The van der Waals surface area contributed by atoms with Crippen molar-refractivity contribution in [3.05, 3.63) is 68.8 Å². The molecular formula is C35H60O9P2. The Balaban J connectivity index is 0.00000135. The highest BCUT2D eigenvalue weighted by Crippen LogP contribution is 2.55. The maximum Gasteiger partial charge on any atom is 0.334 e. The first kappa shape index (κ1) is 43.0. The average Bonchev–Trinajstić information content (AvgIpc) is 2.86. The van der Waals surface area contributed by atoms with Gasteiger partial charge in [-0.1, -0.05) is 118 Å². The normalized spacial score (nSPS) is 13.7. The minimum absolute atomic E-state index is 0.379. The summed E-state index contributed by atoms with van der Waals surface area (Å²) in [5.74, 6) is 0. The van der Waals surface area contributed by atoms with E-state index in [0.29, 0.717) is 11.1 Å². The van der Waals surface area contributed by atoms with E-state index in [0.717, 1.165) is 33.4 Å². The van der Waals surface area contributed by atoms with E-state index in [1.54, 1.807) is 0 Å². The van der Waals surface area contributed by atoms with Gasteiger partial charge < -0.3 is 40.0 Å². The molecule has 0 amide bonds. The molecule has 264 valence electrons. The molecular weight excluding hydrogens is 626 g/mol. The zero-order valence-corrected chi connectivity index (χ0v) is 32.1. The zero-order chi connectivity index (χ0) is 36.4. The molecule has 0 saturated heterocycles. The van der Waals surface area contributed by atoms with Crippen LogP contribution in [0.25, 0.3) is 0 Å². The monoisotopic (exact) mass is 686 g/mol. The van der Waals surface area contributed by atoms with Gasteiger partial charge in [0.05, 0.1) is 25.2 Å². The minimum Gasteiger partial charge on any atom is -0.395 e. The Hall–Kier alpha value is -1.06. The third-order valence-corrected chi connectivity index (χ3v) is 9.51. The lowest BCUT2D eigenvalue weighted by Crippen LogP contribution is -2.57. The topological polar surface area (TPSA) is 171 Å². The summed E-state index contributed by atoms with van der Waals surface area (Å²) in [6.07, 6.45) is 0. The van der Waals surface area contributed by atoms with Crippen LogP contribution in [0, 0.1) is 19.3 Å². The van der Waals surface area contributed by atoms with Crippen molar-refractivity contribution in [1.82, 2.24) is 0 Å². The second kappa shape index (κ2) is 15.2. The van der Waals surface area contributed by atoms with Gasteiger partial charge in [-0.3, -0.25) is 0 Å². The number of benzene rings is 2. The molecule has 0 heterocycles. The fraction of sp³-hybridized carbons (Fsp3) is 0.657. The number of hydrogen-bond donors (Lipinski definition) is 8. The first-order valence-corrected chi connectivity index (χ1v) is 17.8. The molecule has 0 unspecified atom stereocenters. The van der Waals surface area contributed by atoms with Crippen LogP contribution in [0.1, 0.15) is 128 Å². The van der Waals surface area contributed by atoms with Crippen LogP contribution in [0.2, 0.25) is 0 Å². The Morgan fingerprint density at radius 2 is 0.717 bits per heavy atom. The van der Waals surface area contributed by atoms with Crippen molar-refractivity contribution in [1.29, 1.82) is 0 Å². The molecule has 0 radical (unpaired) electrons. The molecule has 11 heteroatoms. The quantitative estimate of drug-likeness (QED) is 0.153. The molecule has 0 saturated carbocycles. The smallest absolute Gasteiger partial charge is 0.334 e. The molecule has 0 aromatic heterocycles. The van der Waals surface area contributed by atoms with E-state index in [2.05, 4.69) is 126 Å². The van der Waals surface area contributed by atoms with Crippen molar-refractivity contribution >= 4 is 17.2 Å². The van der Waals surface area contributed by atoms with Gasteiger partial charge in [0.15, 0.2) is 0 Å². The molecule has 0 aliphatic heterocycles. The van der Waals surface area contributed by atoms with E-state index < -0.39 is 48.0 Å². The lowest BCUT2D eigenvalue weighted by Gasteiger charge is -2.52. The largest absolute Gasteiger partial charge is 0.395 e. The predicted molar refractivity (Wildman–Crippen MR) is 188 cm³/mol. The lowest BCUT2D eigenvalue weighted by atomic mass is 9.56. The Kier molecular flexibility index (Phi) is 14.2. The van der Waals surface area contributed by atoms with Crippen molar-refractivity contribution < 1.29 is 44.3 Å². The molecule has 8 N–H and O–H groups in total. The summed E-state index contributed by atoms with van der Waals surface area (Å²) in [7, 11) is -5.22. The second-order valence-corrected chi connectivity index (χ2v) is 18.2. The standard InChI is InChI=1S/C35H56O4.H4O5P2/c1-22-15-24(30(3,4)5)28(25(16-22)31(6,7)8)35(39,34(19-36,20-37)21-38)29-26(32(9,10)11)17-23(2)18-27(29)33(12,13)14;1-6(2)5-7(3)4/h15-18,36-39H,19-21H2,1-14H3;1-4H. The van der Waals surface area contributed by atoms with Crippen LogP contribution >= 0.6 is 17.2 Å². The Bertz CT molecular complexity index is 1140. The number of aryl methyl sites for hydroxylation is 2. The van der Waals surface area contributed by atoms with Gasteiger partial charge >= 0.3 is 17.2 Å². The van der Waals surface area contributed by atoms with Gasteiger partial charge in [0, 0.05) is 0 Å². The van der Waals surface area contributed by atoms with Gasteiger partial charge in [-0.25, -0.2) is 4.31 Å². The molecule has 2 aromatic rings. The first-order chi connectivity index (χ1) is 20.5. The van der Waals surface area contributed by atoms with Crippen molar-refractivity contribution in [3.63, 3.8) is 0 Å². The van der Waals surface area contributed by atoms with Crippen LogP contribution in [0.5, 0.6) is 0 Å². The summed E-state index contributed by atoms with van der Waals surface area (Å²) in [5.41, 5.74) is 2.15. The highest BCUT2D eigenvalue weighted by molar-refractivity contribution is 7.53. The van der Waals surface area contributed by atoms with Gasteiger partial charge in [0.25, 0.3) is 0 Å². The number of rotatable bonds is 8. The van der Waals surface area contributed by atoms with Gasteiger partial charge in [0.2, 0.25) is 0 Å². The van der Waals surface area contributed by atoms with Gasteiger partial charge in [0.1, 0.15) is 5.60 Å². The lowest BCUT2D eigenvalue weighted by molar-refractivity contribution is -0.138. The minimum atomic E-state index is -2.61. The van der Waals surface area contributed by atoms with E-state index in [1.165, 1.54) is 0 Å². The number of aliphatic hydroxyl groups is 4. The summed E-state index contributed by atoms with van der Waals surface area (Å²) < 4.78 is 3.60. The molecule has 0 aliphatic rings. The molecule has 2 aromatic carbocycles. The maximum atomic E-state index is 13.7. The van der Waals surface area contributed by atoms with E-state index >= 15 is 0 Å². The average molecular weight is 687 g/mol. The number of aliphatic hydroxyl groups excluding tert-OH is 3. The van der Waals surface area contributed by atoms with E-state index in [4.69, 9.17) is 19.6 Å². The van der Waals surface area contributed by atoms with Crippen molar-refractivity contribution in [2.75, 3.05) is 19.8 Å². The van der Waals surface area contributed by atoms with E-state index in [9.17, 15) is 20.4 Å². The summed E-state index contributed by atoms with van der Waals surface area (Å²) in [6.45, 7) is 27.9. The molecule has 9 nitrogen and oxygen atoms in total. The Morgan fingerprint density at radius 1 is 0.500 bits per heavy atom. The molecule has 0 spiro atoms. The van der Waals surface area contributed by atoms with Gasteiger partial charge in [-0.15, -0.1) is 0 Å².